The van der Waals surface area contributed by atoms with E-state index in [4.69, 9.17) is 20.8 Å². The number of amides is 2. The zero-order chi connectivity index (χ0) is 27.8. The highest BCUT2D eigenvalue weighted by atomic mass is 35.5. The molecule has 1 aliphatic heterocycles. The lowest BCUT2D eigenvalue weighted by Gasteiger charge is -2.31. The highest BCUT2D eigenvalue weighted by Gasteiger charge is 2.26. The van der Waals surface area contributed by atoms with Gasteiger partial charge in [-0.2, -0.15) is 0 Å². The number of benzene rings is 2. The molecule has 0 bridgehead atoms. The molecule has 1 aromatic heterocycles. The molecule has 0 unspecified atom stereocenters. The Morgan fingerprint density at radius 3 is 2.46 bits per heavy atom. The van der Waals surface area contributed by atoms with Gasteiger partial charge in [-0.1, -0.05) is 23.7 Å². The molecule has 2 amide bonds. The normalized spacial score (nSPS) is 13.7. The summed E-state index contributed by atoms with van der Waals surface area (Å²) in [5, 5.41) is 11.3. The Morgan fingerprint density at radius 1 is 1.05 bits per heavy atom. The number of hydrogen-bond donors (Lipinski definition) is 0. The Labute approximate surface area is 229 Å². The quantitative estimate of drug-likeness (QED) is 0.258. The molecule has 2 heterocycles. The molecule has 10 nitrogen and oxygen atoms in total. The molecule has 0 N–H and O–H groups in total. The van der Waals surface area contributed by atoms with Crippen LogP contribution in [-0.4, -0.2) is 77.4 Å². The summed E-state index contributed by atoms with van der Waals surface area (Å²) < 4.78 is 24.3. The van der Waals surface area contributed by atoms with Crippen LogP contribution in [0.25, 0.3) is 0 Å². The molecule has 1 aliphatic rings. The Morgan fingerprint density at radius 2 is 1.79 bits per heavy atom. The Balaban J connectivity index is 1.56. The van der Waals surface area contributed by atoms with E-state index in [0.29, 0.717) is 44.2 Å². The minimum atomic E-state index is -0.657. The largest absolute Gasteiger partial charge is 0.467 e. The third kappa shape index (κ3) is 7.85. The van der Waals surface area contributed by atoms with Crippen LogP contribution in [0.1, 0.15) is 21.7 Å². The second-order valence-corrected chi connectivity index (χ2v) is 9.47. The predicted molar refractivity (Wildman–Crippen MR) is 141 cm³/mol. The molecule has 206 valence electrons. The molecule has 0 aliphatic carbocycles. The summed E-state index contributed by atoms with van der Waals surface area (Å²) in [7, 11) is 0. The summed E-state index contributed by atoms with van der Waals surface area (Å²) in [6.07, 6.45) is 1.50. The molecule has 3 aromatic rings. The number of furan rings is 1. The lowest BCUT2D eigenvalue weighted by molar-refractivity contribution is -0.384. The van der Waals surface area contributed by atoms with Crippen LogP contribution in [-0.2, 0) is 22.6 Å². The van der Waals surface area contributed by atoms with Gasteiger partial charge in [-0.3, -0.25) is 24.6 Å². The molecular weight excluding hydrogens is 531 g/mol. The Kier molecular flexibility index (Phi) is 9.64. The number of ether oxygens (including phenoxy) is 1. The monoisotopic (exact) mass is 558 g/mol. The number of hydrogen-bond acceptors (Lipinski definition) is 7. The number of nitro benzene ring substituents is 1. The van der Waals surface area contributed by atoms with Gasteiger partial charge in [-0.25, -0.2) is 4.39 Å². The minimum absolute atomic E-state index is 0.0528. The molecule has 39 heavy (non-hydrogen) atoms. The average Bonchev–Trinajstić information content (AvgIpc) is 3.45. The number of nitro groups is 1. The SMILES string of the molecule is O=C(CN(CCN1CCOCC1)C(=O)c1ccc(Cl)c([N+](=O)[O-])c1)N(Cc1ccc(F)cc1)Cc1ccco1. The maximum Gasteiger partial charge on any atom is 0.288 e. The van der Waals surface area contributed by atoms with Crippen molar-refractivity contribution in [3.8, 4) is 0 Å². The summed E-state index contributed by atoms with van der Waals surface area (Å²) in [5.41, 5.74) is 0.366. The van der Waals surface area contributed by atoms with E-state index in [0.717, 1.165) is 6.07 Å². The summed E-state index contributed by atoms with van der Waals surface area (Å²) in [6, 6.07) is 13.1. The topological polar surface area (TPSA) is 109 Å². The first kappa shape index (κ1) is 28.2. The number of carbonyl (C=O) groups is 2. The molecular formula is C27H28ClFN4O6. The van der Waals surface area contributed by atoms with E-state index in [1.54, 1.807) is 24.3 Å². The maximum absolute atomic E-state index is 13.6. The van der Waals surface area contributed by atoms with E-state index in [9.17, 15) is 24.1 Å². The van der Waals surface area contributed by atoms with Gasteiger partial charge in [-0.05, 0) is 42.0 Å². The van der Waals surface area contributed by atoms with Gasteiger partial charge in [-0.15, -0.1) is 0 Å². The average molecular weight is 559 g/mol. The molecule has 12 heteroatoms. The molecule has 1 fully saturated rings. The molecule has 4 rings (SSSR count). The number of morpholine rings is 1. The van der Waals surface area contributed by atoms with Crippen molar-refractivity contribution in [1.29, 1.82) is 0 Å². The summed E-state index contributed by atoms with van der Waals surface area (Å²) in [6.45, 7) is 3.27. The number of halogens is 2. The van der Waals surface area contributed by atoms with Crippen molar-refractivity contribution in [2.24, 2.45) is 0 Å². The second kappa shape index (κ2) is 13.3. The van der Waals surface area contributed by atoms with Crippen molar-refractivity contribution in [1.82, 2.24) is 14.7 Å². The van der Waals surface area contributed by atoms with Gasteiger partial charge in [0, 0.05) is 44.4 Å². The van der Waals surface area contributed by atoms with Gasteiger partial charge >= 0.3 is 0 Å². The number of nitrogens with zero attached hydrogens (tertiary/aromatic N) is 4. The van der Waals surface area contributed by atoms with E-state index >= 15 is 0 Å². The van der Waals surface area contributed by atoms with Crippen molar-refractivity contribution in [3.63, 3.8) is 0 Å². The first-order valence-electron chi connectivity index (χ1n) is 12.4. The second-order valence-electron chi connectivity index (χ2n) is 9.06. The van der Waals surface area contributed by atoms with Crippen LogP contribution in [0.15, 0.2) is 65.3 Å². The highest BCUT2D eigenvalue weighted by Crippen LogP contribution is 2.26. The van der Waals surface area contributed by atoms with E-state index in [1.165, 1.54) is 40.3 Å². The molecule has 0 saturated carbocycles. The molecule has 0 spiro atoms. The zero-order valence-electron chi connectivity index (χ0n) is 21.1. The van der Waals surface area contributed by atoms with Crippen LogP contribution in [0.2, 0.25) is 5.02 Å². The zero-order valence-corrected chi connectivity index (χ0v) is 21.9. The highest BCUT2D eigenvalue weighted by molar-refractivity contribution is 6.32. The van der Waals surface area contributed by atoms with Gasteiger partial charge in [0.15, 0.2) is 0 Å². The van der Waals surface area contributed by atoms with E-state index in [2.05, 4.69) is 4.90 Å². The van der Waals surface area contributed by atoms with Crippen molar-refractivity contribution >= 4 is 29.1 Å². The fourth-order valence-electron chi connectivity index (χ4n) is 4.20. The number of carbonyl (C=O) groups excluding carboxylic acids is 2. The molecule has 0 atom stereocenters. The lowest BCUT2D eigenvalue weighted by atomic mass is 10.1. The van der Waals surface area contributed by atoms with E-state index < -0.39 is 16.5 Å². The first-order valence-corrected chi connectivity index (χ1v) is 12.8. The molecule has 1 saturated heterocycles. The van der Waals surface area contributed by atoms with Crippen LogP contribution in [0.5, 0.6) is 0 Å². The number of rotatable bonds is 11. The predicted octanol–water partition coefficient (Wildman–Crippen LogP) is 3.98. The first-order chi connectivity index (χ1) is 18.8. The van der Waals surface area contributed by atoms with Crippen LogP contribution in [0.3, 0.4) is 0 Å². The molecule has 2 aromatic carbocycles. The van der Waals surface area contributed by atoms with E-state index in [-0.39, 0.29) is 48.5 Å². The van der Waals surface area contributed by atoms with Gasteiger partial charge in [0.25, 0.3) is 11.6 Å². The minimum Gasteiger partial charge on any atom is -0.467 e. The third-order valence-electron chi connectivity index (χ3n) is 6.36. The summed E-state index contributed by atoms with van der Waals surface area (Å²) in [4.78, 5) is 42.9. The Bertz CT molecular complexity index is 1280. The maximum atomic E-state index is 13.6. The van der Waals surface area contributed by atoms with Gasteiger partial charge in [0.2, 0.25) is 5.91 Å². The van der Waals surface area contributed by atoms with Gasteiger partial charge < -0.3 is 19.0 Å². The van der Waals surface area contributed by atoms with Crippen LogP contribution in [0, 0.1) is 15.9 Å². The fourth-order valence-corrected chi connectivity index (χ4v) is 4.39. The van der Waals surface area contributed by atoms with Crippen molar-refractivity contribution < 1.29 is 28.1 Å². The van der Waals surface area contributed by atoms with Crippen LogP contribution < -0.4 is 0 Å². The lowest BCUT2D eigenvalue weighted by Crippen LogP contribution is -2.47. The Hall–Kier alpha value is -3.80. The van der Waals surface area contributed by atoms with Gasteiger partial charge in [0.05, 0.1) is 30.9 Å². The third-order valence-corrected chi connectivity index (χ3v) is 6.68. The van der Waals surface area contributed by atoms with Gasteiger partial charge in [0.1, 0.15) is 23.1 Å². The van der Waals surface area contributed by atoms with Crippen molar-refractivity contribution in [3.05, 3.63) is 98.7 Å². The van der Waals surface area contributed by atoms with E-state index in [1.807, 2.05) is 0 Å². The molecule has 0 radical (unpaired) electrons. The van der Waals surface area contributed by atoms with Crippen molar-refractivity contribution in [2.75, 3.05) is 45.9 Å². The van der Waals surface area contributed by atoms with Crippen molar-refractivity contribution in [2.45, 2.75) is 13.1 Å². The fraction of sp³-hybridized carbons (Fsp3) is 0.333. The smallest absolute Gasteiger partial charge is 0.288 e. The summed E-state index contributed by atoms with van der Waals surface area (Å²) >= 11 is 5.94. The summed E-state index contributed by atoms with van der Waals surface area (Å²) in [5.74, 6) is -0.741. The standard InChI is InChI=1S/C27H28ClFN4O6/c28-24-8-5-21(16-25(24)33(36)37)27(35)31(10-9-30-11-14-38-15-12-30)19-26(34)32(18-23-2-1-13-39-23)17-20-3-6-22(29)7-4-20/h1-8,13,16H,9-12,14-15,17-19H2. The van der Waals surface area contributed by atoms with Crippen LogP contribution in [0.4, 0.5) is 10.1 Å². The van der Waals surface area contributed by atoms with Crippen LogP contribution >= 0.6 is 11.6 Å².